The Balaban J connectivity index is 1.97. The number of nitrogens with one attached hydrogen (secondary N) is 1. The summed E-state index contributed by atoms with van der Waals surface area (Å²) in [6.07, 6.45) is 5.51. The summed E-state index contributed by atoms with van der Waals surface area (Å²) < 4.78 is 0. The average Bonchev–Trinajstić information content (AvgIpc) is 2.67. The summed E-state index contributed by atoms with van der Waals surface area (Å²) in [6.45, 7) is 2.15. The van der Waals surface area contributed by atoms with E-state index in [0.717, 1.165) is 32.4 Å². The fourth-order valence-corrected chi connectivity index (χ4v) is 3.13. The van der Waals surface area contributed by atoms with E-state index in [1.165, 1.54) is 12.8 Å². The predicted octanol–water partition coefficient (Wildman–Crippen LogP) is 1.49. The number of rotatable bonds is 2. The zero-order valence-corrected chi connectivity index (χ0v) is 8.54. The Morgan fingerprint density at radius 2 is 1.86 bits per heavy atom. The van der Waals surface area contributed by atoms with Gasteiger partial charge in [-0.2, -0.15) is 0 Å². The van der Waals surface area contributed by atoms with Gasteiger partial charge in [-0.15, -0.1) is 0 Å². The molecule has 0 spiro atoms. The van der Waals surface area contributed by atoms with Crippen molar-refractivity contribution in [2.75, 3.05) is 13.1 Å². The highest BCUT2D eigenvalue weighted by molar-refractivity contribution is 5.70. The number of piperidine rings is 1. The van der Waals surface area contributed by atoms with Crippen LogP contribution in [0.3, 0.4) is 0 Å². The molecule has 1 heterocycles. The highest BCUT2D eigenvalue weighted by Crippen LogP contribution is 2.40. The minimum absolute atomic E-state index is 0.0434. The topological polar surface area (TPSA) is 49.3 Å². The van der Waals surface area contributed by atoms with Crippen LogP contribution in [0.2, 0.25) is 0 Å². The first-order chi connectivity index (χ1) is 6.79. The van der Waals surface area contributed by atoms with Gasteiger partial charge >= 0.3 is 5.97 Å². The van der Waals surface area contributed by atoms with Crippen molar-refractivity contribution in [3.63, 3.8) is 0 Å². The van der Waals surface area contributed by atoms with Crippen LogP contribution >= 0.6 is 0 Å². The maximum atomic E-state index is 11.0. The largest absolute Gasteiger partial charge is 0.481 e. The zero-order chi connectivity index (χ0) is 9.97. The van der Waals surface area contributed by atoms with Crippen LogP contribution in [0, 0.1) is 17.8 Å². The second kappa shape index (κ2) is 4.30. The minimum atomic E-state index is -0.564. The molecule has 2 unspecified atom stereocenters. The lowest BCUT2D eigenvalue weighted by molar-refractivity contribution is -0.143. The first-order valence-electron chi connectivity index (χ1n) is 5.72. The molecule has 2 fully saturated rings. The fourth-order valence-electron chi connectivity index (χ4n) is 3.13. The van der Waals surface area contributed by atoms with Gasteiger partial charge in [0.05, 0.1) is 5.92 Å². The van der Waals surface area contributed by atoms with Gasteiger partial charge in [0.1, 0.15) is 0 Å². The van der Waals surface area contributed by atoms with Crippen LogP contribution in [-0.4, -0.2) is 24.2 Å². The fraction of sp³-hybridized carbons (Fsp3) is 0.909. The summed E-state index contributed by atoms with van der Waals surface area (Å²) in [5.41, 5.74) is 0. The lowest BCUT2D eigenvalue weighted by Gasteiger charge is -2.30. The van der Waals surface area contributed by atoms with E-state index in [-0.39, 0.29) is 5.92 Å². The van der Waals surface area contributed by atoms with Crippen LogP contribution in [0.15, 0.2) is 0 Å². The highest BCUT2D eigenvalue weighted by Gasteiger charge is 2.37. The van der Waals surface area contributed by atoms with Crippen LogP contribution in [0.25, 0.3) is 0 Å². The van der Waals surface area contributed by atoms with Crippen LogP contribution in [0.1, 0.15) is 32.1 Å². The predicted molar refractivity (Wildman–Crippen MR) is 54.1 cm³/mol. The van der Waals surface area contributed by atoms with E-state index in [0.29, 0.717) is 11.8 Å². The molecule has 1 aliphatic carbocycles. The van der Waals surface area contributed by atoms with Gasteiger partial charge in [-0.1, -0.05) is 6.42 Å². The molecule has 0 bridgehead atoms. The van der Waals surface area contributed by atoms with Crippen molar-refractivity contribution in [3.05, 3.63) is 0 Å². The van der Waals surface area contributed by atoms with Gasteiger partial charge in [0.25, 0.3) is 0 Å². The second-order valence-electron chi connectivity index (χ2n) is 4.63. The number of aliphatic carboxylic acids is 1. The molecule has 3 heteroatoms. The number of carbonyl (C=O) groups is 1. The molecule has 14 heavy (non-hydrogen) atoms. The van der Waals surface area contributed by atoms with Crippen molar-refractivity contribution in [1.82, 2.24) is 5.32 Å². The number of carboxylic acid groups (broad SMARTS) is 1. The van der Waals surface area contributed by atoms with Gasteiger partial charge in [-0.3, -0.25) is 4.79 Å². The van der Waals surface area contributed by atoms with Gasteiger partial charge in [0, 0.05) is 0 Å². The average molecular weight is 197 g/mol. The summed E-state index contributed by atoms with van der Waals surface area (Å²) in [4.78, 5) is 11.0. The Morgan fingerprint density at radius 3 is 2.50 bits per heavy atom. The molecule has 1 saturated carbocycles. The van der Waals surface area contributed by atoms with Crippen molar-refractivity contribution < 1.29 is 9.90 Å². The van der Waals surface area contributed by atoms with Crippen LogP contribution < -0.4 is 5.32 Å². The molecule has 1 saturated heterocycles. The van der Waals surface area contributed by atoms with Gasteiger partial charge in [-0.05, 0) is 50.6 Å². The summed E-state index contributed by atoms with van der Waals surface area (Å²) in [5.74, 6) is 0.526. The van der Waals surface area contributed by atoms with Gasteiger partial charge in [0.2, 0.25) is 0 Å². The number of hydrogen-bond acceptors (Lipinski definition) is 2. The van der Waals surface area contributed by atoms with Crippen LogP contribution in [0.5, 0.6) is 0 Å². The van der Waals surface area contributed by atoms with Crippen molar-refractivity contribution in [3.8, 4) is 0 Å². The van der Waals surface area contributed by atoms with Gasteiger partial charge in [0.15, 0.2) is 0 Å². The monoisotopic (exact) mass is 197 g/mol. The molecular weight excluding hydrogens is 178 g/mol. The Kier molecular flexibility index (Phi) is 3.06. The molecule has 2 N–H and O–H groups in total. The van der Waals surface area contributed by atoms with E-state index >= 15 is 0 Å². The second-order valence-corrected chi connectivity index (χ2v) is 4.63. The van der Waals surface area contributed by atoms with Crippen LogP contribution in [0.4, 0.5) is 0 Å². The Labute approximate surface area is 84.9 Å². The SMILES string of the molecule is O=C(O)C1CCCC1C1CCNCC1. The minimum Gasteiger partial charge on any atom is -0.481 e. The number of carboxylic acids is 1. The van der Waals surface area contributed by atoms with Gasteiger partial charge in [-0.25, -0.2) is 0 Å². The quantitative estimate of drug-likeness (QED) is 0.705. The van der Waals surface area contributed by atoms with E-state index in [4.69, 9.17) is 5.11 Å². The Hall–Kier alpha value is -0.570. The molecule has 0 aromatic rings. The molecule has 0 amide bonds. The summed E-state index contributed by atoms with van der Waals surface area (Å²) in [7, 11) is 0. The van der Waals surface area contributed by atoms with E-state index in [2.05, 4.69) is 5.32 Å². The lowest BCUT2D eigenvalue weighted by atomic mass is 9.79. The molecule has 0 radical (unpaired) electrons. The van der Waals surface area contributed by atoms with Gasteiger partial charge < -0.3 is 10.4 Å². The maximum Gasteiger partial charge on any atom is 0.306 e. The highest BCUT2D eigenvalue weighted by atomic mass is 16.4. The van der Waals surface area contributed by atoms with E-state index in [9.17, 15) is 4.79 Å². The van der Waals surface area contributed by atoms with E-state index < -0.39 is 5.97 Å². The van der Waals surface area contributed by atoms with Crippen molar-refractivity contribution >= 4 is 5.97 Å². The zero-order valence-electron chi connectivity index (χ0n) is 8.54. The number of hydrogen-bond donors (Lipinski definition) is 2. The molecule has 0 aromatic carbocycles. The van der Waals surface area contributed by atoms with Crippen LogP contribution in [-0.2, 0) is 4.79 Å². The van der Waals surface area contributed by atoms with Crippen molar-refractivity contribution in [1.29, 1.82) is 0 Å². The molecular formula is C11H19NO2. The first-order valence-corrected chi connectivity index (χ1v) is 5.72. The standard InChI is InChI=1S/C11H19NO2/c13-11(14)10-3-1-2-9(10)8-4-6-12-7-5-8/h8-10,12H,1-7H2,(H,13,14). The van der Waals surface area contributed by atoms with E-state index in [1.54, 1.807) is 0 Å². The third kappa shape index (κ3) is 1.92. The molecule has 2 aliphatic rings. The van der Waals surface area contributed by atoms with Crippen molar-refractivity contribution in [2.45, 2.75) is 32.1 Å². The molecule has 2 rings (SSSR count). The van der Waals surface area contributed by atoms with E-state index in [1.807, 2.05) is 0 Å². The third-order valence-corrected chi connectivity index (χ3v) is 3.88. The summed E-state index contributed by atoms with van der Waals surface area (Å²) in [6, 6.07) is 0. The normalized spacial score (nSPS) is 34.6. The lowest BCUT2D eigenvalue weighted by Crippen LogP contribution is -2.34. The molecule has 3 nitrogen and oxygen atoms in total. The first kappa shape index (κ1) is 9.97. The Morgan fingerprint density at radius 1 is 1.14 bits per heavy atom. The Bertz CT molecular complexity index is 211. The molecule has 0 aromatic heterocycles. The summed E-state index contributed by atoms with van der Waals surface area (Å²) in [5, 5.41) is 12.4. The third-order valence-electron chi connectivity index (χ3n) is 3.88. The molecule has 2 atom stereocenters. The maximum absolute atomic E-state index is 11.0. The van der Waals surface area contributed by atoms with Crippen molar-refractivity contribution in [2.24, 2.45) is 17.8 Å². The smallest absolute Gasteiger partial charge is 0.306 e. The molecule has 1 aliphatic heterocycles. The molecule has 80 valence electrons. The summed E-state index contributed by atoms with van der Waals surface area (Å²) >= 11 is 0.